The first-order chi connectivity index (χ1) is 13.1. The number of ether oxygens (including phenoxy) is 1. The lowest BCUT2D eigenvalue weighted by molar-refractivity contribution is -0.113. The number of rotatable bonds is 7. The minimum absolute atomic E-state index is 0.194. The highest BCUT2D eigenvalue weighted by Crippen LogP contribution is 2.38. The van der Waals surface area contributed by atoms with Crippen LogP contribution < -0.4 is 5.32 Å². The summed E-state index contributed by atoms with van der Waals surface area (Å²) in [6.07, 6.45) is 3.92. The quantitative estimate of drug-likeness (QED) is 0.669. The molecule has 1 aliphatic carbocycles. The fourth-order valence-electron chi connectivity index (χ4n) is 3.10. The molecular formula is C20H22FNO3S2. The van der Waals surface area contributed by atoms with Gasteiger partial charge in [-0.1, -0.05) is 18.2 Å². The monoisotopic (exact) mass is 407 g/mol. The van der Waals surface area contributed by atoms with E-state index in [2.05, 4.69) is 5.32 Å². The molecule has 144 valence electrons. The molecule has 0 fully saturated rings. The summed E-state index contributed by atoms with van der Waals surface area (Å²) >= 11 is 2.82. The van der Waals surface area contributed by atoms with E-state index in [0.29, 0.717) is 28.5 Å². The Hall–Kier alpha value is -1.86. The first-order valence-corrected chi connectivity index (χ1v) is 11.0. The minimum Gasteiger partial charge on any atom is -0.462 e. The SMILES string of the molecule is CCOC(=O)c1c(NC(=O)CSCc2ccccc2F)sc2c1CCCC2. The van der Waals surface area contributed by atoms with E-state index in [1.807, 2.05) is 0 Å². The van der Waals surface area contributed by atoms with Crippen molar-refractivity contribution in [2.45, 2.75) is 38.4 Å². The van der Waals surface area contributed by atoms with Gasteiger partial charge in [-0.25, -0.2) is 9.18 Å². The molecule has 27 heavy (non-hydrogen) atoms. The number of hydrogen-bond acceptors (Lipinski definition) is 5. The van der Waals surface area contributed by atoms with E-state index in [1.54, 1.807) is 25.1 Å². The second-order valence-electron chi connectivity index (χ2n) is 6.27. The number of carbonyl (C=O) groups is 2. The van der Waals surface area contributed by atoms with E-state index in [4.69, 9.17) is 4.74 Å². The number of esters is 1. The summed E-state index contributed by atoms with van der Waals surface area (Å²) in [5, 5.41) is 3.45. The molecule has 1 amide bonds. The number of halogens is 1. The van der Waals surface area contributed by atoms with E-state index in [-0.39, 0.29) is 23.4 Å². The molecule has 0 atom stereocenters. The Morgan fingerprint density at radius 1 is 1.26 bits per heavy atom. The standard InChI is InChI=1S/C20H22FNO3S2/c1-2-25-20(24)18-14-8-4-6-10-16(14)27-19(18)22-17(23)12-26-11-13-7-3-5-9-15(13)21/h3,5,7,9H,2,4,6,8,10-12H2,1H3,(H,22,23). The third-order valence-corrected chi connectivity index (χ3v) is 6.54. The molecule has 7 heteroatoms. The zero-order chi connectivity index (χ0) is 19.2. The van der Waals surface area contributed by atoms with Crippen LogP contribution >= 0.6 is 23.1 Å². The maximum absolute atomic E-state index is 13.6. The van der Waals surface area contributed by atoms with Crippen molar-refractivity contribution in [3.05, 3.63) is 51.7 Å². The molecule has 4 nitrogen and oxygen atoms in total. The van der Waals surface area contributed by atoms with Crippen molar-refractivity contribution in [3.8, 4) is 0 Å². The molecule has 1 heterocycles. The van der Waals surface area contributed by atoms with Gasteiger partial charge >= 0.3 is 5.97 Å². The second kappa shape index (κ2) is 9.37. The Labute approximate surface area is 166 Å². The third-order valence-electron chi connectivity index (χ3n) is 4.35. The van der Waals surface area contributed by atoms with Crippen molar-refractivity contribution in [1.29, 1.82) is 0 Å². The molecule has 1 aromatic heterocycles. The molecule has 0 unspecified atom stereocenters. The number of thioether (sulfide) groups is 1. The highest BCUT2D eigenvalue weighted by molar-refractivity contribution is 7.99. The Kier molecular flexibility index (Phi) is 6.90. The van der Waals surface area contributed by atoms with Gasteiger partial charge in [-0.3, -0.25) is 4.79 Å². The van der Waals surface area contributed by atoms with Crippen LogP contribution in [-0.2, 0) is 28.1 Å². The van der Waals surface area contributed by atoms with Crippen LogP contribution in [0.2, 0.25) is 0 Å². The van der Waals surface area contributed by atoms with Crippen molar-refractivity contribution >= 4 is 40.0 Å². The van der Waals surface area contributed by atoms with Crippen LogP contribution in [0.25, 0.3) is 0 Å². The Morgan fingerprint density at radius 3 is 2.81 bits per heavy atom. The molecule has 0 aliphatic heterocycles. The van der Waals surface area contributed by atoms with E-state index < -0.39 is 0 Å². The van der Waals surface area contributed by atoms with Crippen LogP contribution in [0.15, 0.2) is 24.3 Å². The maximum Gasteiger partial charge on any atom is 0.341 e. The predicted molar refractivity (Wildman–Crippen MR) is 108 cm³/mol. The maximum atomic E-state index is 13.6. The van der Waals surface area contributed by atoms with Gasteiger partial charge in [-0.2, -0.15) is 0 Å². The molecule has 0 spiro atoms. The van der Waals surface area contributed by atoms with E-state index in [1.165, 1.54) is 34.0 Å². The van der Waals surface area contributed by atoms with Crippen molar-refractivity contribution in [3.63, 3.8) is 0 Å². The third kappa shape index (κ3) is 4.90. The van der Waals surface area contributed by atoms with Crippen LogP contribution in [-0.4, -0.2) is 24.2 Å². The summed E-state index contributed by atoms with van der Waals surface area (Å²) in [5.74, 6) is -0.210. The first kappa shape index (κ1) is 19.9. The molecule has 0 bridgehead atoms. The van der Waals surface area contributed by atoms with Gasteiger partial charge in [0, 0.05) is 10.6 Å². The number of aryl methyl sites for hydroxylation is 1. The van der Waals surface area contributed by atoms with E-state index >= 15 is 0 Å². The fourth-order valence-corrected chi connectivity index (χ4v) is 5.21. The number of carbonyl (C=O) groups excluding carboxylic acids is 2. The molecule has 0 saturated heterocycles. The lowest BCUT2D eigenvalue weighted by Gasteiger charge is -2.12. The van der Waals surface area contributed by atoms with Gasteiger partial charge in [0.1, 0.15) is 10.8 Å². The fraction of sp³-hybridized carbons (Fsp3) is 0.400. The van der Waals surface area contributed by atoms with Gasteiger partial charge in [0.15, 0.2) is 0 Å². The van der Waals surface area contributed by atoms with Gasteiger partial charge in [-0.15, -0.1) is 23.1 Å². The number of anilines is 1. The normalized spacial score (nSPS) is 13.1. The topological polar surface area (TPSA) is 55.4 Å². The first-order valence-electron chi connectivity index (χ1n) is 9.02. The van der Waals surface area contributed by atoms with E-state index in [9.17, 15) is 14.0 Å². The average Bonchev–Trinajstić information content (AvgIpc) is 3.01. The average molecular weight is 408 g/mol. The summed E-state index contributed by atoms with van der Waals surface area (Å²) in [6.45, 7) is 2.07. The zero-order valence-electron chi connectivity index (χ0n) is 15.2. The lowest BCUT2D eigenvalue weighted by Crippen LogP contribution is -2.17. The Balaban J connectivity index is 1.65. The Bertz CT molecular complexity index is 835. The lowest BCUT2D eigenvalue weighted by atomic mass is 9.95. The van der Waals surface area contributed by atoms with Crippen LogP contribution in [0.3, 0.4) is 0 Å². The summed E-state index contributed by atoms with van der Waals surface area (Å²) in [7, 11) is 0. The van der Waals surface area contributed by atoms with Crippen molar-refractivity contribution in [1.82, 2.24) is 0 Å². The summed E-state index contributed by atoms with van der Waals surface area (Å²) < 4.78 is 18.8. The van der Waals surface area contributed by atoms with Gasteiger partial charge < -0.3 is 10.1 Å². The highest BCUT2D eigenvalue weighted by Gasteiger charge is 2.27. The van der Waals surface area contributed by atoms with Crippen molar-refractivity contribution < 1.29 is 18.7 Å². The van der Waals surface area contributed by atoms with Gasteiger partial charge in [0.2, 0.25) is 5.91 Å². The second-order valence-corrected chi connectivity index (χ2v) is 8.36. The Morgan fingerprint density at radius 2 is 2.04 bits per heavy atom. The summed E-state index contributed by atoms with van der Waals surface area (Å²) in [5.41, 5.74) is 2.12. The number of thiophene rings is 1. The minimum atomic E-state index is -0.369. The van der Waals surface area contributed by atoms with E-state index in [0.717, 1.165) is 31.2 Å². The molecule has 1 N–H and O–H groups in total. The molecule has 3 rings (SSSR count). The predicted octanol–water partition coefficient (Wildman–Crippen LogP) is 4.81. The number of fused-ring (bicyclic) bond motifs is 1. The highest BCUT2D eigenvalue weighted by atomic mass is 32.2. The van der Waals surface area contributed by atoms with Crippen molar-refractivity contribution in [2.24, 2.45) is 0 Å². The van der Waals surface area contributed by atoms with Crippen LogP contribution in [0.5, 0.6) is 0 Å². The number of nitrogens with one attached hydrogen (secondary N) is 1. The molecule has 2 aromatic rings. The smallest absolute Gasteiger partial charge is 0.341 e. The molecule has 0 radical (unpaired) electrons. The van der Waals surface area contributed by atoms with Gasteiger partial charge in [0.25, 0.3) is 0 Å². The molecule has 0 saturated carbocycles. The van der Waals surface area contributed by atoms with Gasteiger partial charge in [-0.05, 0) is 49.8 Å². The van der Waals surface area contributed by atoms with Crippen LogP contribution in [0.4, 0.5) is 9.39 Å². The summed E-state index contributed by atoms with van der Waals surface area (Å²) in [4.78, 5) is 25.9. The zero-order valence-corrected chi connectivity index (χ0v) is 16.8. The van der Waals surface area contributed by atoms with Crippen molar-refractivity contribution in [2.75, 3.05) is 17.7 Å². The van der Waals surface area contributed by atoms with Crippen LogP contribution in [0, 0.1) is 5.82 Å². The summed E-state index contributed by atoms with van der Waals surface area (Å²) in [6, 6.07) is 6.55. The van der Waals surface area contributed by atoms with Gasteiger partial charge in [0.05, 0.1) is 17.9 Å². The number of amides is 1. The number of benzene rings is 1. The number of hydrogen-bond donors (Lipinski definition) is 1. The molecular weight excluding hydrogens is 385 g/mol. The molecule has 1 aromatic carbocycles. The molecule has 1 aliphatic rings. The largest absolute Gasteiger partial charge is 0.462 e. The van der Waals surface area contributed by atoms with Crippen LogP contribution in [0.1, 0.15) is 46.1 Å².